The maximum absolute atomic E-state index is 5.46. The van der Waals surface area contributed by atoms with Crippen LogP contribution in [0.5, 0.6) is 0 Å². The summed E-state index contributed by atoms with van der Waals surface area (Å²) in [7, 11) is 2.11. The Balaban J connectivity index is 3.63. The van der Waals surface area contributed by atoms with Crippen molar-refractivity contribution < 1.29 is 0 Å². The molecule has 0 atom stereocenters. The summed E-state index contributed by atoms with van der Waals surface area (Å²) in [6, 6.07) is 0. The van der Waals surface area contributed by atoms with E-state index in [2.05, 4.69) is 58.7 Å². The highest BCUT2D eigenvalue weighted by molar-refractivity contribution is 14.1. The Morgan fingerprint density at radius 3 is 2.08 bits per heavy atom. The largest absolute Gasteiger partial charge is 0.329 e. The normalized spacial score (nSPS) is 12.9. The van der Waals surface area contributed by atoms with Crippen molar-refractivity contribution in [3.8, 4) is 0 Å². The molecule has 2 N–H and O–H groups in total. The number of nitrogens with two attached hydrogens (primary N) is 1. The molecule has 80 valence electrons. The zero-order valence-electron chi connectivity index (χ0n) is 9.18. The Labute approximate surface area is 96.1 Å². The molecule has 0 spiro atoms. The van der Waals surface area contributed by atoms with Crippen molar-refractivity contribution in [1.29, 1.82) is 0 Å². The van der Waals surface area contributed by atoms with Crippen LogP contribution in [-0.4, -0.2) is 46.8 Å². The van der Waals surface area contributed by atoms with Crippen LogP contribution >= 0.6 is 22.9 Å². The van der Waals surface area contributed by atoms with Gasteiger partial charge < -0.3 is 10.6 Å². The van der Waals surface area contributed by atoms with Gasteiger partial charge >= 0.3 is 0 Å². The van der Waals surface area contributed by atoms with Gasteiger partial charge in [-0.2, -0.15) is 0 Å². The molecule has 0 aromatic carbocycles. The van der Waals surface area contributed by atoms with Crippen LogP contribution in [0.1, 0.15) is 20.8 Å². The molecule has 0 aliphatic heterocycles. The molecule has 0 amide bonds. The van der Waals surface area contributed by atoms with Crippen LogP contribution in [0.15, 0.2) is 0 Å². The highest BCUT2D eigenvalue weighted by Gasteiger charge is 2.18. The first kappa shape index (κ1) is 13.6. The number of likely N-dealkylation sites (N-methyl/N-ethyl adjacent to an activating group) is 1. The van der Waals surface area contributed by atoms with Crippen molar-refractivity contribution in [2.24, 2.45) is 5.73 Å². The van der Waals surface area contributed by atoms with Crippen LogP contribution in [-0.2, 0) is 0 Å². The average molecular weight is 299 g/mol. The monoisotopic (exact) mass is 299 g/mol. The van der Waals surface area contributed by atoms with E-state index in [9.17, 15) is 0 Å². The lowest BCUT2D eigenvalue weighted by Crippen LogP contribution is -2.39. The molecule has 4 heteroatoms. The molecule has 3 nitrogen and oxygen atoms in total. The molecule has 0 bridgehead atoms. The third-order valence-corrected chi connectivity index (χ3v) is 3.85. The number of hydrogen-bond donors (Lipinski definition) is 1. The van der Waals surface area contributed by atoms with E-state index < -0.39 is 0 Å². The van der Waals surface area contributed by atoms with Gasteiger partial charge in [-0.25, -0.2) is 3.11 Å². The summed E-state index contributed by atoms with van der Waals surface area (Å²) in [5.74, 6) is 0. The second-order valence-corrected chi connectivity index (χ2v) is 5.51. The fraction of sp³-hybridized carbons (Fsp3) is 1.00. The molecule has 0 aliphatic rings. The molecule has 0 radical (unpaired) electrons. The fourth-order valence-electron chi connectivity index (χ4n) is 0.926. The van der Waals surface area contributed by atoms with Crippen molar-refractivity contribution in [2.75, 3.05) is 33.2 Å². The van der Waals surface area contributed by atoms with Crippen molar-refractivity contribution in [2.45, 2.75) is 26.3 Å². The third-order valence-electron chi connectivity index (χ3n) is 1.92. The van der Waals surface area contributed by atoms with Crippen LogP contribution in [0.4, 0.5) is 0 Å². The standard InChI is InChI=1S/C9H22IN3/c1-9(2,3)13(10)8-7-12(4)6-5-11/h5-8,11H2,1-4H3. The van der Waals surface area contributed by atoms with Gasteiger partial charge in [0.2, 0.25) is 0 Å². The first-order chi connectivity index (χ1) is 5.88. The minimum Gasteiger partial charge on any atom is -0.329 e. The predicted molar refractivity (Wildman–Crippen MR) is 67.0 cm³/mol. The van der Waals surface area contributed by atoms with Crippen molar-refractivity contribution >= 4 is 22.9 Å². The molecular weight excluding hydrogens is 277 g/mol. The summed E-state index contributed by atoms with van der Waals surface area (Å²) in [5.41, 5.74) is 5.72. The van der Waals surface area contributed by atoms with Crippen molar-refractivity contribution in [1.82, 2.24) is 8.01 Å². The Hall–Kier alpha value is 0.610. The van der Waals surface area contributed by atoms with Gasteiger partial charge in [-0.1, -0.05) is 0 Å². The lowest BCUT2D eigenvalue weighted by molar-refractivity contribution is 0.252. The van der Waals surface area contributed by atoms with Gasteiger partial charge in [-0.15, -0.1) is 0 Å². The number of hydrogen-bond acceptors (Lipinski definition) is 3. The summed E-state index contributed by atoms with van der Waals surface area (Å²) in [4.78, 5) is 2.26. The quantitative estimate of drug-likeness (QED) is 0.614. The molecule has 0 unspecified atom stereocenters. The summed E-state index contributed by atoms with van der Waals surface area (Å²) < 4.78 is 2.33. The van der Waals surface area contributed by atoms with E-state index in [4.69, 9.17) is 5.73 Å². The predicted octanol–water partition coefficient (Wildman–Crippen LogP) is 1.33. The van der Waals surface area contributed by atoms with Gasteiger partial charge in [0.25, 0.3) is 0 Å². The number of rotatable bonds is 5. The Kier molecular flexibility index (Phi) is 6.45. The SMILES string of the molecule is CN(CCN)CCN(I)C(C)(C)C. The molecule has 0 rings (SSSR count). The Morgan fingerprint density at radius 1 is 1.15 bits per heavy atom. The minimum atomic E-state index is 0.254. The van der Waals surface area contributed by atoms with Crippen LogP contribution in [0.25, 0.3) is 0 Å². The van der Waals surface area contributed by atoms with E-state index in [-0.39, 0.29) is 5.54 Å². The molecule has 0 heterocycles. The van der Waals surface area contributed by atoms with Gasteiger partial charge in [-0.3, -0.25) is 0 Å². The zero-order valence-corrected chi connectivity index (χ0v) is 11.3. The summed E-state index contributed by atoms with van der Waals surface area (Å²) in [6.45, 7) is 10.6. The topological polar surface area (TPSA) is 32.5 Å². The third kappa shape index (κ3) is 6.65. The minimum absolute atomic E-state index is 0.254. The van der Waals surface area contributed by atoms with Gasteiger partial charge in [0.1, 0.15) is 0 Å². The Morgan fingerprint density at radius 2 is 1.69 bits per heavy atom. The summed E-state index contributed by atoms with van der Waals surface area (Å²) in [5, 5.41) is 0. The molecule has 0 fully saturated rings. The first-order valence-electron chi connectivity index (χ1n) is 4.70. The van der Waals surface area contributed by atoms with Gasteiger partial charge in [0.05, 0.1) is 0 Å². The van der Waals surface area contributed by atoms with Crippen LogP contribution in [0, 0.1) is 0 Å². The molecule has 13 heavy (non-hydrogen) atoms. The van der Waals surface area contributed by atoms with E-state index in [0.717, 1.165) is 26.2 Å². The molecule has 0 aromatic rings. The van der Waals surface area contributed by atoms with E-state index in [0.29, 0.717) is 0 Å². The van der Waals surface area contributed by atoms with E-state index in [1.165, 1.54) is 0 Å². The second-order valence-electron chi connectivity index (χ2n) is 4.35. The van der Waals surface area contributed by atoms with Crippen LogP contribution in [0.2, 0.25) is 0 Å². The number of nitrogens with zero attached hydrogens (tertiary/aromatic N) is 2. The van der Waals surface area contributed by atoms with Crippen LogP contribution < -0.4 is 5.73 Å². The molecule has 0 aromatic heterocycles. The molecular formula is C9H22IN3. The maximum Gasteiger partial charge on any atom is 0.0221 e. The molecule has 0 aliphatic carbocycles. The van der Waals surface area contributed by atoms with E-state index in [1.54, 1.807) is 0 Å². The second kappa shape index (κ2) is 6.16. The maximum atomic E-state index is 5.46. The highest BCUT2D eigenvalue weighted by atomic mass is 127. The average Bonchev–Trinajstić information content (AvgIpc) is 1.99. The smallest absolute Gasteiger partial charge is 0.0221 e. The molecule has 0 saturated heterocycles. The Bertz CT molecular complexity index is 133. The summed E-state index contributed by atoms with van der Waals surface area (Å²) >= 11 is 2.39. The summed E-state index contributed by atoms with van der Waals surface area (Å²) in [6.07, 6.45) is 0. The van der Waals surface area contributed by atoms with Gasteiger partial charge in [0.15, 0.2) is 0 Å². The molecule has 0 saturated carbocycles. The zero-order chi connectivity index (χ0) is 10.5. The van der Waals surface area contributed by atoms with E-state index >= 15 is 0 Å². The van der Waals surface area contributed by atoms with Gasteiger partial charge in [0, 0.05) is 54.6 Å². The number of halogens is 1. The van der Waals surface area contributed by atoms with Gasteiger partial charge in [-0.05, 0) is 27.8 Å². The lowest BCUT2D eigenvalue weighted by Gasteiger charge is -2.31. The van der Waals surface area contributed by atoms with Crippen molar-refractivity contribution in [3.05, 3.63) is 0 Å². The van der Waals surface area contributed by atoms with Crippen molar-refractivity contribution in [3.63, 3.8) is 0 Å². The first-order valence-corrected chi connectivity index (χ1v) is 5.66. The highest BCUT2D eigenvalue weighted by Crippen LogP contribution is 2.17. The fourth-order valence-corrected chi connectivity index (χ4v) is 1.14. The van der Waals surface area contributed by atoms with Crippen LogP contribution in [0.3, 0.4) is 0 Å². The lowest BCUT2D eigenvalue weighted by atomic mass is 10.1. The van der Waals surface area contributed by atoms with E-state index in [1.807, 2.05) is 0 Å².